The molecule has 3 rings (SSSR count). The summed E-state index contributed by atoms with van der Waals surface area (Å²) in [5.41, 5.74) is 0.208. The Morgan fingerprint density at radius 1 is 1.29 bits per heavy atom. The number of hydrogen-bond acceptors (Lipinski definition) is 6. The van der Waals surface area contributed by atoms with Gasteiger partial charge in [-0.2, -0.15) is 17.6 Å². The zero-order chi connectivity index (χ0) is 22.8. The number of halogens is 5. The van der Waals surface area contributed by atoms with E-state index in [-0.39, 0.29) is 5.69 Å². The monoisotopic (exact) mass is 462 g/mol. The molecule has 12 heteroatoms. The number of amides is 1. The van der Waals surface area contributed by atoms with Gasteiger partial charge in [-0.15, -0.1) is 0 Å². The molecule has 2 aromatic rings. The Kier molecular flexibility index (Phi) is 6.90. The molecule has 1 amide bonds. The summed E-state index contributed by atoms with van der Waals surface area (Å²) in [7, 11) is 2.76. The Morgan fingerprint density at radius 2 is 2.03 bits per heavy atom. The molecule has 1 fully saturated rings. The maximum Gasteiger partial charge on any atom is 0.393 e. The molecular weight excluding hydrogens is 443 g/mol. The fourth-order valence-corrected chi connectivity index (χ4v) is 3.91. The molecule has 1 aromatic carbocycles. The van der Waals surface area contributed by atoms with E-state index < -0.39 is 54.4 Å². The van der Waals surface area contributed by atoms with Crippen molar-refractivity contribution in [2.45, 2.75) is 23.7 Å². The number of carbonyl (C=O) groups is 1. The van der Waals surface area contributed by atoms with Crippen molar-refractivity contribution in [2.24, 2.45) is 5.92 Å². The van der Waals surface area contributed by atoms with Gasteiger partial charge in [0.25, 0.3) is 0 Å². The summed E-state index contributed by atoms with van der Waals surface area (Å²) in [6, 6.07) is 3.66. The van der Waals surface area contributed by atoms with Gasteiger partial charge in [0.1, 0.15) is 11.1 Å². The third-order valence-corrected chi connectivity index (χ3v) is 5.45. The molecule has 0 aliphatic carbocycles. The minimum Gasteiger partial charge on any atom is -0.491 e. The highest BCUT2D eigenvalue weighted by Crippen LogP contribution is 2.43. The SMILES string of the molecule is CNSc1cc(NC(=O)[C@H]2CC(C(F)(F)F)CN2c2ccc(F)c(F)c2OC)ccn1. The molecule has 6 nitrogen and oxygen atoms in total. The Bertz CT molecular complexity index is 959. The molecule has 168 valence electrons. The molecule has 1 aromatic heterocycles. The van der Waals surface area contributed by atoms with Crippen LogP contribution in [0.3, 0.4) is 0 Å². The normalized spacial score (nSPS) is 18.9. The summed E-state index contributed by atoms with van der Waals surface area (Å²) in [4.78, 5) is 18.1. The van der Waals surface area contributed by atoms with E-state index in [1.54, 1.807) is 13.1 Å². The van der Waals surface area contributed by atoms with E-state index in [0.29, 0.717) is 10.7 Å². The second-order valence-electron chi connectivity index (χ2n) is 6.73. The lowest BCUT2D eigenvalue weighted by Gasteiger charge is -2.27. The van der Waals surface area contributed by atoms with Crippen LogP contribution in [0.25, 0.3) is 0 Å². The third-order valence-electron chi connectivity index (χ3n) is 4.82. The van der Waals surface area contributed by atoms with Crippen molar-refractivity contribution in [3.8, 4) is 5.75 Å². The van der Waals surface area contributed by atoms with E-state index in [4.69, 9.17) is 4.74 Å². The Morgan fingerprint density at radius 3 is 2.68 bits per heavy atom. The number of hydrogen-bond donors (Lipinski definition) is 2. The van der Waals surface area contributed by atoms with E-state index in [1.807, 2.05) is 0 Å². The number of alkyl halides is 3. The first-order chi connectivity index (χ1) is 14.7. The van der Waals surface area contributed by atoms with Gasteiger partial charge in [0, 0.05) is 18.4 Å². The minimum atomic E-state index is -4.56. The van der Waals surface area contributed by atoms with Gasteiger partial charge in [0.05, 0.1) is 18.7 Å². The first-order valence-electron chi connectivity index (χ1n) is 9.11. The highest BCUT2D eigenvalue weighted by Gasteiger charge is 2.50. The largest absolute Gasteiger partial charge is 0.491 e. The molecule has 0 spiro atoms. The Hall–Kier alpha value is -2.60. The molecule has 31 heavy (non-hydrogen) atoms. The number of carbonyl (C=O) groups excluding carboxylic acids is 1. The second kappa shape index (κ2) is 9.27. The van der Waals surface area contributed by atoms with Crippen LogP contribution >= 0.6 is 11.9 Å². The maximum absolute atomic E-state index is 14.2. The molecule has 0 radical (unpaired) electrons. The predicted molar refractivity (Wildman–Crippen MR) is 106 cm³/mol. The quantitative estimate of drug-likeness (QED) is 0.500. The van der Waals surface area contributed by atoms with Crippen LogP contribution in [0.15, 0.2) is 35.5 Å². The molecule has 0 bridgehead atoms. The molecule has 2 heterocycles. The number of rotatable bonds is 6. The van der Waals surface area contributed by atoms with Crippen molar-refractivity contribution in [3.05, 3.63) is 42.1 Å². The number of aromatic nitrogens is 1. The van der Waals surface area contributed by atoms with Crippen molar-refractivity contribution < 1.29 is 31.5 Å². The van der Waals surface area contributed by atoms with Crippen LogP contribution in [0.5, 0.6) is 5.75 Å². The molecular formula is C19H19F5N4O2S. The first kappa shape index (κ1) is 23.1. The average Bonchev–Trinajstić information content (AvgIpc) is 3.16. The lowest BCUT2D eigenvalue weighted by Crippen LogP contribution is -2.40. The number of ether oxygens (including phenoxy) is 1. The van der Waals surface area contributed by atoms with Crippen molar-refractivity contribution in [2.75, 3.05) is 30.9 Å². The van der Waals surface area contributed by atoms with Crippen LogP contribution in [-0.2, 0) is 4.79 Å². The Labute approximate surface area is 179 Å². The molecule has 1 aliphatic rings. The molecule has 0 saturated carbocycles. The van der Waals surface area contributed by atoms with Crippen molar-refractivity contribution >= 4 is 29.2 Å². The van der Waals surface area contributed by atoms with Gasteiger partial charge in [-0.05, 0) is 49.7 Å². The van der Waals surface area contributed by atoms with Gasteiger partial charge in [-0.3, -0.25) is 9.52 Å². The third kappa shape index (κ3) is 5.01. The fraction of sp³-hybridized carbons (Fsp3) is 0.368. The maximum atomic E-state index is 14.2. The predicted octanol–water partition coefficient (Wildman–Crippen LogP) is 3.99. The van der Waals surface area contributed by atoms with Gasteiger partial charge in [-0.25, -0.2) is 9.37 Å². The summed E-state index contributed by atoms with van der Waals surface area (Å²) in [5, 5.41) is 3.12. The molecule has 1 aliphatic heterocycles. The van der Waals surface area contributed by atoms with Crippen molar-refractivity contribution in [1.82, 2.24) is 9.71 Å². The highest BCUT2D eigenvalue weighted by molar-refractivity contribution is 7.97. The lowest BCUT2D eigenvalue weighted by molar-refractivity contribution is -0.168. The highest BCUT2D eigenvalue weighted by atomic mass is 32.2. The molecule has 1 unspecified atom stereocenters. The van der Waals surface area contributed by atoms with Crippen LogP contribution in [0.1, 0.15) is 6.42 Å². The fourth-order valence-electron chi connectivity index (χ4n) is 3.40. The standard InChI is InChI=1S/C19H19F5N4O2S/c1-25-31-15-8-11(5-6-26-15)27-18(29)14-7-10(19(22,23)24)9-28(14)13-4-3-12(20)16(21)17(13)30-2/h3-6,8,10,14,25H,7,9H2,1-2H3,(H,26,27,29)/t10?,14-/m1/s1. The van der Waals surface area contributed by atoms with Gasteiger partial charge in [0.15, 0.2) is 11.6 Å². The number of nitrogens with one attached hydrogen (secondary N) is 2. The number of methoxy groups -OCH3 is 1. The van der Waals surface area contributed by atoms with Crippen LogP contribution in [-0.4, -0.2) is 43.8 Å². The smallest absolute Gasteiger partial charge is 0.393 e. The molecule has 1 saturated heterocycles. The number of pyridine rings is 1. The summed E-state index contributed by atoms with van der Waals surface area (Å²) >= 11 is 1.19. The topological polar surface area (TPSA) is 66.5 Å². The zero-order valence-corrected chi connectivity index (χ0v) is 17.3. The summed E-state index contributed by atoms with van der Waals surface area (Å²) < 4.78 is 75.8. The number of anilines is 2. The van der Waals surface area contributed by atoms with E-state index >= 15 is 0 Å². The number of nitrogens with zero attached hydrogens (tertiary/aromatic N) is 2. The Balaban J connectivity index is 1.93. The van der Waals surface area contributed by atoms with Crippen molar-refractivity contribution in [3.63, 3.8) is 0 Å². The first-order valence-corrected chi connectivity index (χ1v) is 9.93. The van der Waals surface area contributed by atoms with Crippen LogP contribution < -0.4 is 19.7 Å². The lowest BCUT2D eigenvalue weighted by atomic mass is 10.0. The van der Waals surface area contributed by atoms with Gasteiger partial charge in [0.2, 0.25) is 11.7 Å². The zero-order valence-electron chi connectivity index (χ0n) is 16.5. The van der Waals surface area contributed by atoms with E-state index in [9.17, 15) is 26.7 Å². The van der Waals surface area contributed by atoms with E-state index in [1.165, 1.54) is 24.2 Å². The van der Waals surface area contributed by atoms with Crippen LogP contribution in [0, 0.1) is 17.6 Å². The average molecular weight is 462 g/mol. The number of benzene rings is 1. The van der Waals surface area contributed by atoms with Crippen LogP contribution in [0.4, 0.5) is 33.3 Å². The van der Waals surface area contributed by atoms with Crippen LogP contribution in [0.2, 0.25) is 0 Å². The van der Waals surface area contributed by atoms with Gasteiger partial charge >= 0.3 is 6.18 Å². The summed E-state index contributed by atoms with van der Waals surface area (Å²) in [6.07, 6.45) is -3.66. The van der Waals surface area contributed by atoms with Gasteiger partial charge < -0.3 is 15.0 Å². The summed E-state index contributed by atoms with van der Waals surface area (Å²) in [5.74, 6) is -5.65. The van der Waals surface area contributed by atoms with E-state index in [2.05, 4.69) is 15.0 Å². The summed E-state index contributed by atoms with van der Waals surface area (Å²) in [6.45, 7) is -0.597. The molecule has 2 N–H and O–H groups in total. The van der Waals surface area contributed by atoms with Crippen molar-refractivity contribution in [1.29, 1.82) is 0 Å². The van der Waals surface area contributed by atoms with E-state index in [0.717, 1.165) is 24.1 Å². The minimum absolute atomic E-state index is 0.130. The molecule has 2 atom stereocenters. The second-order valence-corrected chi connectivity index (χ2v) is 7.76. The van der Waals surface area contributed by atoms with Gasteiger partial charge in [-0.1, -0.05) is 0 Å².